The van der Waals surface area contributed by atoms with Gasteiger partial charge in [-0.25, -0.2) is 0 Å². The number of nitrogens with one attached hydrogen (secondary N) is 1. The van der Waals surface area contributed by atoms with Crippen LogP contribution in [0.25, 0.3) is 0 Å². The summed E-state index contributed by atoms with van der Waals surface area (Å²) in [5, 5.41) is 2.69. The molecule has 2 amide bonds. The molecule has 2 rings (SSSR count). The highest BCUT2D eigenvalue weighted by Gasteiger charge is 2.51. The van der Waals surface area contributed by atoms with Crippen LogP contribution in [0.3, 0.4) is 0 Å². The maximum atomic E-state index is 12.2. The third-order valence-electron chi connectivity index (χ3n) is 3.53. The normalized spacial score (nSPS) is 17.9. The van der Waals surface area contributed by atoms with Crippen molar-refractivity contribution < 1.29 is 9.59 Å². The van der Waals surface area contributed by atoms with E-state index in [-0.39, 0.29) is 5.91 Å². The Morgan fingerprint density at radius 2 is 2.06 bits per heavy atom. The molecule has 0 bridgehead atoms. The average molecular weight is 246 g/mol. The molecule has 1 aromatic carbocycles. The Balaban J connectivity index is 2.17. The molecule has 0 aromatic heterocycles. The highest BCUT2D eigenvalue weighted by atomic mass is 16.2. The van der Waals surface area contributed by atoms with E-state index in [4.69, 9.17) is 5.73 Å². The molecule has 1 aliphatic carbocycles. The Hall–Kier alpha value is -1.84. The number of carbonyl (C=O) groups is 2. The lowest BCUT2D eigenvalue weighted by Gasteiger charge is -2.18. The molecule has 0 radical (unpaired) electrons. The van der Waals surface area contributed by atoms with Gasteiger partial charge in [0.2, 0.25) is 11.8 Å². The second-order valence-electron chi connectivity index (χ2n) is 5.05. The smallest absolute Gasteiger partial charge is 0.239 e. The molecule has 0 aliphatic heterocycles. The first-order valence-electron chi connectivity index (χ1n) is 6.13. The number of carbonyl (C=O) groups excluding carboxylic acids is 2. The van der Waals surface area contributed by atoms with Gasteiger partial charge in [0.15, 0.2) is 0 Å². The molecule has 1 aliphatic rings. The third kappa shape index (κ3) is 2.23. The minimum atomic E-state index is -0.625. The van der Waals surface area contributed by atoms with Gasteiger partial charge in [0.1, 0.15) is 6.04 Å². The summed E-state index contributed by atoms with van der Waals surface area (Å²) in [4.78, 5) is 23.2. The fourth-order valence-electron chi connectivity index (χ4n) is 2.12. The number of rotatable bonds is 4. The van der Waals surface area contributed by atoms with Crippen molar-refractivity contribution in [2.24, 2.45) is 5.73 Å². The number of hydrogen-bond donors (Lipinski definition) is 2. The van der Waals surface area contributed by atoms with Crippen LogP contribution in [-0.4, -0.2) is 17.9 Å². The van der Waals surface area contributed by atoms with Crippen LogP contribution in [0.15, 0.2) is 24.3 Å². The van der Waals surface area contributed by atoms with Gasteiger partial charge in [-0.3, -0.25) is 9.59 Å². The van der Waals surface area contributed by atoms with E-state index in [2.05, 4.69) is 5.32 Å². The maximum absolute atomic E-state index is 12.2. The van der Waals surface area contributed by atoms with E-state index in [1.165, 1.54) is 0 Å². The molecule has 1 atom stereocenters. The van der Waals surface area contributed by atoms with Crippen LogP contribution in [0.2, 0.25) is 0 Å². The van der Waals surface area contributed by atoms with Crippen molar-refractivity contribution in [2.45, 2.75) is 38.1 Å². The van der Waals surface area contributed by atoms with Gasteiger partial charge in [-0.05, 0) is 32.3 Å². The molecule has 3 N–H and O–H groups in total. The lowest BCUT2D eigenvalue weighted by Crippen LogP contribution is -2.46. The van der Waals surface area contributed by atoms with Gasteiger partial charge in [0.25, 0.3) is 0 Å². The van der Waals surface area contributed by atoms with Gasteiger partial charge in [0, 0.05) is 0 Å². The molecule has 4 nitrogen and oxygen atoms in total. The van der Waals surface area contributed by atoms with Crippen LogP contribution in [0.5, 0.6) is 0 Å². The predicted octanol–water partition coefficient (Wildman–Crippen LogP) is 1.02. The minimum absolute atomic E-state index is 0.0978. The summed E-state index contributed by atoms with van der Waals surface area (Å²) >= 11 is 0. The van der Waals surface area contributed by atoms with E-state index in [0.717, 1.165) is 24.0 Å². The van der Waals surface area contributed by atoms with Crippen LogP contribution in [0, 0.1) is 6.92 Å². The lowest BCUT2D eigenvalue weighted by atomic mass is 9.93. The summed E-state index contributed by atoms with van der Waals surface area (Å²) in [5.74, 6) is -0.609. The van der Waals surface area contributed by atoms with Crippen LogP contribution >= 0.6 is 0 Å². The highest BCUT2D eigenvalue weighted by molar-refractivity contribution is 5.94. The zero-order valence-corrected chi connectivity index (χ0v) is 10.7. The molecule has 96 valence electrons. The Bertz CT molecular complexity index is 492. The topological polar surface area (TPSA) is 72.2 Å². The van der Waals surface area contributed by atoms with E-state index in [1.807, 2.05) is 31.2 Å². The molecule has 1 aromatic rings. The summed E-state index contributed by atoms with van der Waals surface area (Å²) in [6, 6.07) is 7.33. The highest BCUT2D eigenvalue weighted by Crippen LogP contribution is 2.48. The van der Waals surface area contributed by atoms with Crippen molar-refractivity contribution in [2.75, 3.05) is 0 Å². The van der Waals surface area contributed by atoms with Crippen LogP contribution in [0.1, 0.15) is 30.9 Å². The van der Waals surface area contributed by atoms with Crippen LogP contribution in [-0.2, 0) is 15.0 Å². The van der Waals surface area contributed by atoms with Crippen molar-refractivity contribution in [1.29, 1.82) is 0 Å². The molecule has 18 heavy (non-hydrogen) atoms. The molecule has 0 saturated heterocycles. The van der Waals surface area contributed by atoms with E-state index < -0.39 is 17.4 Å². The van der Waals surface area contributed by atoms with E-state index in [0.29, 0.717) is 0 Å². The first kappa shape index (κ1) is 12.6. The lowest BCUT2D eigenvalue weighted by molar-refractivity contribution is -0.128. The zero-order valence-electron chi connectivity index (χ0n) is 10.7. The quantitative estimate of drug-likeness (QED) is 0.832. The molecular weight excluding hydrogens is 228 g/mol. The summed E-state index contributed by atoms with van der Waals surface area (Å²) in [5.41, 5.74) is 6.87. The van der Waals surface area contributed by atoms with E-state index in [9.17, 15) is 9.59 Å². The molecule has 4 heteroatoms. The number of aryl methyl sites for hydroxylation is 1. The van der Waals surface area contributed by atoms with Gasteiger partial charge >= 0.3 is 0 Å². The first-order chi connectivity index (χ1) is 8.45. The number of hydrogen-bond acceptors (Lipinski definition) is 2. The van der Waals surface area contributed by atoms with Crippen molar-refractivity contribution in [3.05, 3.63) is 35.4 Å². The maximum Gasteiger partial charge on any atom is 0.239 e. The van der Waals surface area contributed by atoms with E-state index in [1.54, 1.807) is 6.92 Å². The number of benzene rings is 1. The van der Waals surface area contributed by atoms with Crippen molar-refractivity contribution in [1.82, 2.24) is 5.32 Å². The Morgan fingerprint density at radius 3 is 2.56 bits per heavy atom. The Kier molecular flexibility index (Phi) is 3.11. The number of primary amides is 1. The van der Waals surface area contributed by atoms with Gasteiger partial charge in [-0.15, -0.1) is 0 Å². The second-order valence-corrected chi connectivity index (χ2v) is 5.05. The predicted molar refractivity (Wildman–Crippen MR) is 68.9 cm³/mol. The SMILES string of the molecule is Cc1cccc(C2(C(=O)NC(C)C(N)=O)CC2)c1. The van der Waals surface area contributed by atoms with Crippen LogP contribution in [0.4, 0.5) is 0 Å². The van der Waals surface area contributed by atoms with Gasteiger partial charge in [0.05, 0.1) is 5.41 Å². The summed E-state index contributed by atoms with van der Waals surface area (Å²) < 4.78 is 0. The summed E-state index contributed by atoms with van der Waals surface area (Å²) in [6.45, 7) is 3.61. The van der Waals surface area contributed by atoms with Crippen molar-refractivity contribution in [3.8, 4) is 0 Å². The standard InChI is InChI=1S/C14H18N2O2/c1-9-4-3-5-11(8-9)14(6-7-14)13(18)16-10(2)12(15)17/h3-5,8,10H,6-7H2,1-2H3,(H2,15,17)(H,16,18). The fraction of sp³-hybridized carbons (Fsp3) is 0.429. The average Bonchev–Trinajstić information content (AvgIpc) is 3.09. The van der Waals surface area contributed by atoms with Crippen LogP contribution < -0.4 is 11.1 Å². The zero-order chi connectivity index (χ0) is 13.3. The van der Waals surface area contributed by atoms with Gasteiger partial charge in [-0.1, -0.05) is 29.8 Å². The monoisotopic (exact) mass is 246 g/mol. The molecule has 1 fully saturated rings. The molecule has 1 unspecified atom stereocenters. The van der Waals surface area contributed by atoms with Crippen molar-refractivity contribution >= 4 is 11.8 Å². The minimum Gasteiger partial charge on any atom is -0.368 e. The Morgan fingerprint density at radius 1 is 1.39 bits per heavy atom. The van der Waals surface area contributed by atoms with Gasteiger partial charge in [-0.2, -0.15) is 0 Å². The third-order valence-corrected chi connectivity index (χ3v) is 3.53. The largest absolute Gasteiger partial charge is 0.368 e. The molecule has 0 heterocycles. The molecular formula is C14H18N2O2. The number of amides is 2. The number of nitrogens with two attached hydrogens (primary N) is 1. The molecule has 1 saturated carbocycles. The summed E-state index contributed by atoms with van der Waals surface area (Å²) in [6.07, 6.45) is 1.65. The fourth-order valence-corrected chi connectivity index (χ4v) is 2.12. The van der Waals surface area contributed by atoms with Crippen molar-refractivity contribution in [3.63, 3.8) is 0 Å². The first-order valence-corrected chi connectivity index (χ1v) is 6.13. The summed E-state index contributed by atoms with van der Waals surface area (Å²) in [7, 11) is 0. The van der Waals surface area contributed by atoms with Gasteiger partial charge < -0.3 is 11.1 Å². The molecule has 0 spiro atoms. The Labute approximate surface area is 107 Å². The van der Waals surface area contributed by atoms with E-state index >= 15 is 0 Å². The second kappa shape index (κ2) is 4.44.